The molecular formula is C16H20BrNO3. The van der Waals surface area contributed by atoms with Gasteiger partial charge in [-0.25, -0.2) is 0 Å². The van der Waals surface area contributed by atoms with Crippen LogP contribution in [0.1, 0.15) is 54.4 Å². The van der Waals surface area contributed by atoms with Crippen molar-refractivity contribution in [3.8, 4) is 0 Å². The van der Waals surface area contributed by atoms with E-state index in [9.17, 15) is 9.59 Å². The Labute approximate surface area is 133 Å². The maximum atomic E-state index is 12.5. The SMILES string of the molecule is Cc1ccc(Br)cc1C(=O)NC1(CC(=O)O)CCCCC1. The van der Waals surface area contributed by atoms with Crippen LogP contribution in [0.2, 0.25) is 0 Å². The molecule has 5 heteroatoms. The van der Waals surface area contributed by atoms with E-state index in [1.807, 2.05) is 19.1 Å². The highest BCUT2D eigenvalue weighted by Crippen LogP contribution is 2.31. The number of hydrogen-bond acceptors (Lipinski definition) is 2. The standard InChI is InChI=1S/C16H20BrNO3/c1-11-5-6-12(17)9-13(11)15(21)18-16(10-14(19)20)7-3-2-4-8-16/h5-6,9H,2-4,7-8,10H2,1H3,(H,18,21)(H,19,20). The van der Waals surface area contributed by atoms with Crippen LogP contribution < -0.4 is 5.32 Å². The summed E-state index contributed by atoms with van der Waals surface area (Å²) in [4.78, 5) is 23.7. The number of carboxylic acids is 1. The third kappa shape index (κ3) is 4.06. The average Bonchev–Trinajstić information content (AvgIpc) is 2.41. The van der Waals surface area contributed by atoms with Crippen LogP contribution in [0.5, 0.6) is 0 Å². The lowest BCUT2D eigenvalue weighted by Gasteiger charge is -2.37. The Morgan fingerprint density at radius 1 is 1.29 bits per heavy atom. The van der Waals surface area contributed by atoms with Gasteiger partial charge in [0, 0.05) is 10.0 Å². The van der Waals surface area contributed by atoms with Gasteiger partial charge in [0.15, 0.2) is 0 Å². The molecule has 0 unspecified atom stereocenters. The van der Waals surface area contributed by atoms with Crippen LogP contribution in [0.25, 0.3) is 0 Å². The Balaban J connectivity index is 2.21. The van der Waals surface area contributed by atoms with Crippen LogP contribution in [0.15, 0.2) is 22.7 Å². The Morgan fingerprint density at radius 3 is 2.57 bits per heavy atom. The van der Waals surface area contributed by atoms with Crippen LogP contribution in [-0.4, -0.2) is 22.5 Å². The second-order valence-electron chi connectivity index (χ2n) is 5.82. The second kappa shape index (κ2) is 6.60. The molecule has 0 aliphatic heterocycles. The molecular weight excluding hydrogens is 334 g/mol. The highest BCUT2D eigenvalue weighted by Gasteiger charge is 2.36. The third-order valence-electron chi connectivity index (χ3n) is 4.12. The summed E-state index contributed by atoms with van der Waals surface area (Å²) in [5.74, 6) is -1.04. The first kappa shape index (κ1) is 16.0. The van der Waals surface area contributed by atoms with E-state index in [2.05, 4.69) is 21.2 Å². The minimum absolute atomic E-state index is 0.00814. The fourth-order valence-electron chi connectivity index (χ4n) is 3.01. The Hall–Kier alpha value is -1.36. The summed E-state index contributed by atoms with van der Waals surface area (Å²) in [6.45, 7) is 1.88. The number of carboxylic acid groups (broad SMARTS) is 1. The minimum atomic E-state index is -0.858. The minimum Gasteiger partial charge on any atom is -0.481 e. The van der Waals surface area contributed by atoms with Gasteiger partial charge in [-0.05, 0) is 37.5 Å². The summed E-state index contributed by atoms with van der Waals surface area (Å²) in [5.41, 5.74) is 0.882. The average molecular weight is 354 g/mol. The second-order valence-corrected chi connectivity index (χ2v) is 6.74. The van der Waals surface area contributed by atoms with E-state index < -0.39 is 11.5 Å². The molecule has 1 aromatic carbocycles. The largest absolute Gasteiger partial charge is 0.481 e. The third-order valence-corrected chi connectivity index (χ3v) is 4.62. The quantitative estimate of drug-likeness (QED) is 0.867. The van der Waals surface area contributed by atoms with Crippen molar-refractivity contribution in [3.63, 3.8) is 0 Å². The van der Waals surface area contributed by atoms with Gasteiger partial charge >= 0.3 is 5.97 Å². The van der Waals surface area contributed by atoms with Gasteiger partial charge < -0.3 is 10.4 Å². The molecule has 2 rings (SSSR count). The van der Waals surface area contributed by atoms with Crippen molar-refractivity contribution in [2.75, 3.05) is 0 Å². The van der Waals surface area contributed by atoms with E-state index in [4.69, 9.17) is 5.11 Å². The lowest BCUT2D eigenvalue weighted by atomic mass is 9.79. The molecule has 114 valence electrons. The monoisotopic (exact) mass is 353 g/mol. The lowest BCUT2D eigenvalue weighted by Crippen LogP contribution is -2.51. The number of nitrogens with one attached hydrogen (secondary N) is 1. The van der Waals surface area contributed by atoms with E-state index >= 15 is 0 Å². The Bertz CT molecular complexity index is 550. The first-order valence-corrected chi connectivity index (χ1v) is 8.02. The summed E-state index contributed by atoms with van der Waals surface area (Å²) < 4.78 is 0.842. The normalized spacial score (nSPS) is 17.2. The number of carbonyl (C=O) groups is 2. The molecule has 0 spiro atoms. The van der Waals surface area contributed by atoms with Crippen LogP contribution >= 0.6 is 15.9 Å². The van der Waals surface area contributed by atoms with Gasteiger partial charge in [0.05, 0.1) is 12.0 Å². The molecule has 1 aliphatic rings. The number of aryl methyl sites for hydroxylation is 1. The van der Waals surface area contributed by atoms with Crippen molar-refractivity contribution >= 4 is 27.8 Å². The number of benzene rings is 1. The Kier molecular flexibility index (Phi) is 5.04. The number of halogens is 1. The van der Waals surface area contributed by atoms with Crippen molar-refractivity contribution in [2.24, 2.45) is 0 Å². The van der Waals surface area contributed by atoms with Gasteiger partial charge in [-0.1, -0.05) is 41.3 Å². The predicted molar refractivity (Wildman–Crippen MR) is 84.4 cm³/mol. The first-order chi connectivity index (χ1) is 9.92. The molecule has 21 heavy (non-hydrogen) atoms. The maximum Gasteiger partial charge on any atom is 0.305 e. The van der Waals surface area contributed by atoms with E-state index in [1.54, 1.807) is 6.07 Å². The molecule has 0 radical (unpaired) electrons. The molecule has 0 bridgehead atoms. The molecule has 1 aliphatic carbocycles. The van der Waals surface area contributed by atoms with E-state index in [-0.39, 0.29) is 12.3 Å². The summed E-state index contributed by atoms with van der Waals surface area (Å²) in [6.07, 6.45) is 4.49. The summed E-state index contributed by atoms with van der Waals surface area (Å²) in [6, 6.07) is 5.55. The molecule has 0 heterocycles. The topological polar surface area (TPSA) is 66.4 Å². The first-order valence-electron chi connectivity index (χ1n) is 7.22. The van der Waals surface area contributed by atoms with Gasteiger partial charge in [0.2, 0.25) is 0 Å². The summed E-state index contributed by atoms with van der Waals surface area (Å²) in [7, 11) is 0. The fourth-order valence-corrected chi connectivity index (χ4v) is 3.37. The van der Waals surface area contributed by atoms with Gasteiger partial charge in [0.25, 0.3) is 5.91 Å². The van der Waals surface area contributed by atoms with Crippen molar-refractivity contribution < 1.29 is 14.7 Å². The van der Waals surface area contributed by atoms with Crippen molar-refractivity contribution in [1.29, 1.82) is 0 Å². The van der Waals surface area contributed by atoms with E-state index in [0.717, 1.165) is 42.1 Å². The van der Waals surface area contributed by atoms with Gasteiger partial charge in [0.1, 0.15) is 0 Å². The van der Waals surface area contributed by atoms with Crippen LogP contribution in [0.3, 0.4) is 0 Å². The molecule has 4 nitrogen and oxygen atoms in total. The number of aliphatic carboxylic acids is 1. The van der Waals surface area contributed by atoms with Crippen LogP contribution in [0, 0.1) is 6.92 Å². The maximum absolute atomic E-state index is 12.5. The molecule has 0 aromatic heterocycles. The van der Waals surface area contributed by atoms with Crippen molar-refractivity contribution in [3.05, 3.63) is 33.8 Å². The highest BCUT2D eigenvalue weighted by atomic mass is 79.9. The van der Waals surface area contributed by atoms with E-state index in [0.29, 0.717) is 5.56 Å². The number of rotatable bonds is 4. The predicted octanol–water partition coefficient (Wildman–Crippen LogP) is 3.66. The van der Waals surface area contributed by atoms with Gasteiger partial charge in [-0.15, -0.1) is 0 Å². The van der Waals surface area contributed by atoms with Gasteiger partial charge in [-0.3, -0.25) is 9.59 Å². The summed E-state index contributed by atoms with van der Waals surface area (Å²) in [5, 5.41) is 12.2. The number of hydrogen-bond donors (Lipinski definition) is 2. The molecule has 1 saturated carbocycles. The highest BCUT2D eigenvalue weighted by molar-refractivity contribution is 9.10. The zero-order valence-electron chi connectivity index (χ0n) is 12.1. The molecule has 1 amide bonds. The van der Waals surface area contributed by atoms with E-state index in [1.165, 1.54) is 0 Å². The molecule has 2 N–H and O–H groups in total. The number of carbonyl (C=O) groups excluding carboxylic acids is 1. The fraction of sp³-hybridized carbons (Fsp3) is 0.500. The zero-order chi connectivity index (χ0) is 15.5. The molecule has 1 fully saturated rings. The summed E-state index contributed by atoms with van der Waals surface area (Å²) >= 11 is 3.37. The number of amides is 1. The van der Waals surface area contributed by atoms with Crippen molar-refractivity contribution in [1.82, 2.24) is 5.32 Å². The molecule has 0 atom stereocenters. The lowest BCUT2D eigenvalue weighted by molar-refractivity contribution is -0.139. The molecule has 1 aromatic rings. The van der Waals surface area contributed by atoms with Crippen molar-refractivity contribution in [2.45, 2.75) is 51.0 Å². The zero-order valence-corrected chi connectivity index (χ0v) is 13.7. The van der Waals surface area contributed by atoms with Crippen LogP contribution in [-0.2, 0) is 4.79 Å². The van der Waals surface area contributed by atoms with Gasteiger partial charge in [-0.2, -0.15) is 0 Å². The van der Waals surface area contributed by atoms with Crippen LogP contribution in [0.4, 0.5) is 0 Å². The smallest absolute Gasteiger partial charge is 0.305 e. The molecule has 0 saturated heterocycles. The Morgan fingerprint density at radius 2 is 1.95 bits per heavy atom.